The molecule has 0 unspecified atom stereocenters. The van der Waals surface area contributed by atoms with E-state index in [0.717, 1.165) is 5.69 Å². The third kappa shape index (κ3) is 3.57. The van der Waals surface area contributed by atoms with Gasteiger partial charge in [-0.2, -0.15) is 5.10 Å². The molecule has 1 amide bonds. The van der Waals surface area contributed by atoms with Gasteiger partial charge >= 0.3 is 0 Å². The average molecular weight is 346 g/mol. The maximum atomic E-state index is 13.7. The largest absolute Gasteiger partial charge is 0.385 e. The zero-order valence-electron chi connectivity index (χ0n) is 14.7. The summed E-state index contributed by atoms with van der Waals surface area (Å²) in [5.74, 6) is -0.554. The molecule has 0 aliphatic carbocycles. The van der Waals surface area contributed by atoms with Crippen molar-refractivity contribution in [2.24, 2.45) is 0 Å². The third-order valence-electron chi connectivity index (χ3n) is 4.48. The molecular formula is C18H23FN4O2. The van der Waals surface area contributed by atoms with Crippen LogP contribution >= 0.6 is 0 Å². The molecule has 134 valence electrons. The Bertz CT molecular complexity index is 787. The number of fused-ring (bicyclic) bond motifs is 1. The first-order valence-corrected chi connectivity index (χ1v) is 8.30. The summed E-state index contributed by atoms with van der Waals surface area (Å²) in [6.07, 6.45) is -0.664. The number of likely N-dealkylation sites (N-methyl/N-ethyl adjacent to an activating group) is 1. The van der Waals surface area contributed by atoms with Gasteiger partial charge in [0.1, 0.15) is 11.9 Å². The Morgan fingerprint density at radius 3 is 2.88 bits per heavy atom. The molecule has 6 nitrogen and oxygen atoms in total. The van der Waals surface area contributed by atoms with Crippen LogP contribution in [0.1, 0.15) is 33.4 Å². The van der Waals surface area contributed by atoms with Gasteiger partial charge in [0.05, 0.1) is 24.5 Å². The summed E-state index contributed by atoms with van der Waals surface area (Å²) in [6.45, 7) is 3.57. The van der Waals surface area contributed by atoms with Crippen LogP contribution < -0.4 is 0 Å². The molecule has 0 bridgehead atoms. The lowest BCUT2D eigenvalue weighted by atomic mass is 10.1. The van der Waals surface area contributed by atoms with E-state index < -0.39 is 6.10 Å². The zero-order valence-corrected chi connectivity index (χ0v) is 14.7. The second-order valence-electron chi connectivity index (χ2n) is 6.70. The fourth-order valence-corrected chi connectivity index (χ4v) is 3.07. The maximum absolute atomic E-state index is 13.7. The molecule has 1 aromatic carbocycles. The number of aliphatic hydroxyl groups is 1. The van der Waals surface area contributed by atoms with Crippen LogP contribution in [-0.4, -0.2) is 57.8 Å². The molecule has 2 aromatic rings. The van der Waals surface area contributed by atoms with Crippen LogP contribution in [0.5, 0.6) is 0 Å². The van der Waals surface area contributed by atoms with Gasteiger partial charge in [0.15, 0.2) is 0 Å². The van der Waals surface area contributed by atoms with Gasteiger partial charge in [0.25, 0.3) is 5.91 Å². The lowest BCUT2D eigenvalue weighted by molar-refractivity contribution is 0.0704. The number of rotatable bonds is 4. The first-order valence-electron chi connectivity index (χ1n) is 8.30. The average Bonchev–Trinajstić information content (AvgIpc) is 2.99. The normalized spacial score (nSPS) is 15.4. The summed E-state index contributed by atoms with van der Waals surface area (Å²) < 4.78 is 15.6. The van der Waals surface area contributed by atoms with E-state index in [4.69, 9.17) is 0 Å². The maximum Gasteiger partial charge on any atom is 0.254 e. The van der Waals surface area contributed by atoms with Gasteiger partial charge in [-0.05, 0) is 44.8 Å². The van der Waals surface area contributed by atoms with Crippen LogP contribution in [0.15, 0.2) is 24.3 Å². The molecule has 25 heavy (non-hydrogen) atoms. The predicted molar refractivity (Wildman–Crippen MR) is 91.6 cm³/mol. The van der Waals surface area contributed by atoms with Gasteiger partial charge in [-0.15, -0.1) is 0 Å². The van der Waals surface area contributed by atoms with E-state index in [0.29, 0.717) is 43.0 Å². The van der Waals surface area contributed by atoms with Gasteiger partial charge in [-0.25, -0.2) is 4.39 Å². The van der Waals surface area contributed by atoms with Crippen molar-refractivity contribution in [1.82, 2.24) is 19.6 Å². The minimum atomic E-state index is -0.664. The molecule has 0 fully saturated rings. The number of nitrogens with zero attached hydrogens (tertiary/aromatic N) is 4. The number of hydrogen-bond donors (Lipinski definition) is 1. The van der Waals surface area contributed by atoms with Gasteiger partial charge < -0.3 is 14.9 Å². The second-order valence-corrected chi connectivity index (χ2v) is 6.70. The SMILES string of the molecule is Cc1c(F)cccc1C(=O)N1CCn2nc([C@H](O)CN(C)C)cc2C1. The van der Waals surface area contributed by atoms with E-state index in [9.17, 15) is 14.3 Å². The Balaban J connectivity index is 1.78. The molecule has 0 radical (unpaired) electrons. The van der Waals surface area contributed by atoms with Crippen molar-refractivity contribution in [2.75, 3.05) is 27.2 Å². The van der Waals surface area contributed by atoms with Gasteiger partial charge in [-0.1, -0.05) is 6.07 Å². The van der Waals surface area contributed by atoms with Crippen LogP contribution in [-0.2, 0) is 13.1 Å². The highest BCUT2D eigenvalue weighted by Gasteiger charge is 2.26. The van der Waals surface area contributed by atoms with Crippen LogP contribution in [0.4, 0.5) is 4.39 Å². The highest BCUT2D eigenvalue weighted by atomic mass is 19.1. The molecule has 1 aliphatic heterocycles. The summed E-state index contributed by atoms with van der Waals surface area (Å²) in [4.78, 5) is 16.3. The zero-order chi connectivity index (χ0) is 18.1. The highest BCUT2D eigenvalue weighted by Crippen LogP contribution is 2.21. The van der Waals surface area contributed by atoms with Crippen LogP contribution in [0.25, 0.3) is 0 Å². The van der Waals surface area contributed by atoms with Crippen molar-refractivity contribution < 1.29 is 14.3 Å². The highest BCUT2D eigenvalue weighted by molar-refractivity contribution is 5.95. The van der Waals surface area contributed by atoms with Crippen molar-refractivity contribution in [1.29, 1.82) is 0 Å². The van der Waals surface area contributed by atoms with Crippen molar-refractivity contribution in [2.45, 2.75) is 26.1 Å². The number of carbonyl (C=O) groups excluding carboxylic acids is 1. The molecule has 1 atom stereocenters. The number of carbonyl (C=O) groups is 1. The summed E-state index contributed by atoms with van der Waals surface area (Å²) in [7, 11) is 3.78. The molecule has 3 rings (SSSR count). The van der Waals surface area contributed by atoms with Gasteiger partial charge in [0, 0.05) is 18.7 Å². The molecule has 1 aliphatic rings. The molecule has 2 heterocycles. The smallest absolute Gasteiger partial charge is 0.254 e. The van der Waals surface area contributed by atoms with Crippen molar-refractivity contribution in [3.63, 3.8) is 0 Å². The summed E-state index contributed by atoms with van der Waals surface area (Å²) >= 11 is 0. The number of hydrogen-bond acceptors (Lipinski definition) is 4. The Kier molecular flexibility index (Phi) is 4.87. The first kappa shape index (κ1) is 17.6. The topological polar surface area (TPSA) is 61.6 Å². The van der Waals surface area contributed by atoms with E-state index in [1.54, 1.807) is 24.0 Å². The summed E-state index contributed by atoms with van der Waals surface area (Å²) in [6, 6.07) is 6.40. The second kappa shape index (κ2) is 6.93. The van der Waals surface area contributed by atoms with Crippen LogP contribution in [0.3, 0.4) is 0 Å². The third-order valence-corrected chi connectivity index (χ3v) is 4.48. The van der Waals surface area contributed by atoms with E-state index in [1.165, 1.54) is 6.07 Å². The fraction of sp³-hybridized carbons (Fsp3) is 0.444. The monoisotopic (exact) mass is 346 g/mol. The molecular weight excluding hydrogens is 323 g/mol. The summed E-state index contributed by atoms with van der Waals surface area (Å²) in [5, 5.41) is 14.7. The van der Waals surface area contributed by atoms with Crippen molar-refractivity contribution in [3.8, 4) is 0 Å². The van der Waals surface area contributed by atoms with E-state index in [1.807, 2.05) is 29.7 Å². The van der Waals surface area contributed by atoms with Gasteiger partial charge in [0.2, 0.25) is 0 Å². The Hall–Kier alpha value is -2.25. The lowest BCUT2D eigenvalue weighted by Gasteiger charge is -2.28. The minimum Gasteiger partial charge on any atom is -0.385 e. The number of aromatic nitrogens is 2. The molecule has 1 N–H and O–H groups in total. The van der Waals surface area contributed by atoms with E-state index in [2.05, 4.69) is 5.10 Å². The van der Waals surface area contributed by atoms with Crippen molar-refractivity contribution >= 4 is 5.91 Å². The standard InChI is InChI=1S/C18H23FN4O2/c1-12-14(5-4-6-15(12)19)18(25)22-7-8-23-13(10-22)9-16(20-23)17(24)11-21(2)3/h4-6,9,17,24H,7-8,10-11H2,1-3H3/t17-/m1/s1. The molecule has 0 saturated heterocycles. The first-order chi connectivity index (χ1) is 11.9. The number of amides is 1. The van der Waals surface area contributed by atoms with E-state index in [-0.39, 0.29) is 11.7 Å². The quantitative estimate of drug-likeness (QED) is 0.913. The molecule has 0 saturated carbocycles. The Morgan fingerprint density at radius 1 is 1.40 bits per heavy atom. The number of aliphatic hydroxyl groups excluding tert-OH is 1. The van der Waals surface area contributed by atoms with Crippen LogP contribution in [0, 0.1) is 12.7 Å². The van der Waals surface area contributed by atoms with Crippen molar-refractivity contribution in [3.05, 3.63) is 52.6 Å². The van der Waals surface area contributed by atoms with E-state index >= 15 is 0 Å². The summed E-state index contributed by atoms with van der Waals surface area (Å²) in [5.41, 5.74) is 2.25. The predicted octanol–water partition coefficient (Wildman–Crippen LogP) is 1.58. The van der Waals surface area contributed by atoms with Gasteiger partial charge in [-0.3, -0.25) is 9.48 Å². The molecule has 0 spiro atoms. The number of halogens is 1. The molecule has 7 heteroatoms. The Morgan fingerprint density at radius 2 is 2.16 bits per heavy atom. The lowest BCUT2D eigenvalue weighted by Crippen LogP contribution is -2.38. The van der Waals surface area contributed by atoms with Crippen LogP contribution in [0.2, 0.25) is 0 Å². The molecule has 1 aromatic heterocycles. The fourth-order valence-electron chi connectivity index (χ4n) is 3.07. The minimum absolute atomic E-state index is 0.181. The Labute approximate surface area is 146 Å². The number of benzene rings is 1.